The molecule has 4 rings (SSSR count). The lowest BCUT2D eigenvalue weighted by Gasteiger charge is -2.24. The van der Waals surface area contributed by atoms with Crippen molar-refractivity contribution in [3.8, 4) is 11.5 Å². The van der Waals surface area contributed by atoms with Gasteiger partial charge in [0.1, 0.15) is 0 Å². The Labute approximate surface area is 229 Å². The zero-order valence-corrected chi connectivity index (χ0v) is 23.3. The van der Waals surface area contributed by atoms with Crippen molar-refractivity contribution in [3.63, 3.8) is 0 Å². The van der Waals surface area contributed by atoms with Gasteiger partial charge in [0, 0.05) is 0 Å². The predicted octanol–water partition coefficient (Wildman–Crippen LogP) is 3.38. The highest BCUT2D eigenvalue weighted by atomic mass is 32.1. The SMILES string of the molecule is CCCCOc1ccc(C=c2sc3n(c2=O)C(c2ccc(C(=O)OC)cc2)C(C(=O)OC)=C(C)N=3)cc1OC. The van der Waals surface area contributed by atoms with Crippen LogP contribution in [-0.2, 0) is 14.3 Å². The van der Waals surface area contributed by atoms with Gasteiger partial charge in [-0.25, -0.2) is 14.6 Å². The molecule has 204 valence electrons. The number of benzene rings is 2. The number of hydrogen-bond acceptors (Lipinski definition) is 9. The first-order valence-electron chi connectivity index (χ1n) is 12.4. The lowest BCUT2D eigenvalue weighted by molar-refractivity contribution is -0.136. The number of rotatable bonds is 9. The number of unbranched alkanes of at least 4 members (excludes halogenated alkanes) is 1. The van der Waals surface area contributed by atoms with Gasteiger partial charge in [-0.3, -0.25) is 9.36 Å². The van der Waals surface area contributed by atoms with E-state index in [0.29, 0.717) is 44.3 Å². The largest absolute Gasteiger partial charge is 0.493 e. The third-order valence-electron chi connectivity index (χ3n) is 6.32. The molecule has 0 saturated carbocycles. The van der Waals surface area contributed by atoms with Gasteiger partial charge < -0.3 is 18.9 Å². The van der Waals surface area contributed by atoms with E-state index in [2.05, 4.69) is 11.9 Å². The van der Waals surface area contributed by atoms with Crippen LogP contribution in [0.2, 0.25) is 0 Å². The van der Waals surface area contributed by atoms with E-state index in [9.17, 15) is 14.4 Å². The minimum Gasteiger partial charge on any atom is -0.493 e. The maximum Gasteiger partial charge on any atom is 0.338 e. The van der Waals surface area contributed by atoms with Gasteiger partial charge in [-0.1, -0.05) is 42.9 Å². The zero-order chi connectivity index (χ0) is 28.1. The molecule has 0 radical (unpaired) electrons. The van der Waals surface area contributed by atoms with Crippen molar-refractivity contribution < 1.29 is 28.5 Å². The zero-order valence-electron chi connectivity index (χ0n) is 22.5. The summed E-state index contributed by atoms with van der Waals surface area (Å²) in [5.74, 6) is 0.136. The predicted molar refractivity (Wildman–Crippen MR) is 147 cm³/mol. The van der Waals surface area contributed by atoms with Gasteiger partial charge >= 0.3 is 11.9 Å². The molecular weight excluding hydrogens is 520 g/mol. The van der Waals surface area contributed by atoms with Crippen molar-refractivity contribution in [1.29, 1.82) is 0 Å². The molecule has 1 aliphatic rings. The summed E-state index contributed by atoms with van der Waals surface area (Å²) in [5.41, 5.74) is 2.12. The molecular formula is C29H30N2O7S. The number of thiazole rings is 1. The molecule has 0 N–H and O–H groups in total. The lowest BCUT2D eigenvalue weighted by Crippen LogP contribution is -2.39. The summed E-state index contributed by atoms with van der Waals surface area (Å²) < 4.78 is 23.1. The number of nitrogens with zero attached hydrogens (tertiary/aromatic N) is 2. The second kappa shape index (κ2) is 12.1. The van der Waals surface area contributed by atoms with Crippen LogP contribution in [0.5, 0.6) is 11.5 Å². The third kappa shape index (κ3) is 5.65. The van der Waals surface area contributed by atoms with Gasteiger partial charge in [0.25, 0.3) is 5.56 Å². The molecule has 0 saturated heterocycles. The van der Waals surface area contributed by atoms with Gasteiger partial charge in [-0.2, -0.15) is 0 Å². The van der Waals surface area contributed by atoms with Crippen LogP contribution in [0, 0.1) is 0 Å². The van der Waals surface area contributed by atoms with Crippen LogP contribution in [-0.4, -0.2) is 44.4 Å². The Bertz CT molecular complexity index is 1600. The summed E-state index contributed by atoms with van der Waals surface area (Å²) in [7, 11) is 4.16. The van der Waals surface area contributed by atoms with Crippen molar-refractivity contribution in [1.82, 2.24) is 4.57 Å². The van der Waals surface area contributed by atoms with Crippen LogP contribution < -0.4 is 24.4 Å². The summed E-state index contributed by atoms with van der Waals surface area (Å²) >= 11 is 1.22. The highest BCUT2D eigenvalue weighted by Crippen LogP contribution is 2.31. The Hall–Kier alpha value is -4.18. The molecule has 0 bridgehead atoms. The standard InChI is InChI=1S/C29H30N2O7S/c1-6-7-14-38-21-13-8-18(15-22(21)35-3)16-23-26(32)31-25(19-9-11-20(12-10-19)27(33)36-4)24(28(34)37-5)17(2)30-29(31)39-23/h8-13,15-16,25H,6-7,14H2,1-5H3. The summed E-state index contributed by atoms with van der Waals surface area (Å²) in [5, 5.41) is 0. The van der Waals surface area contributed by atoms with Crippen molar-refractivity contribution in [2.45, 2.75) is 32.7 Å². The van der Waals surface area contributed by atoms with E-state index in [0.717, 1.165) is 18.4 Å². The summed E-state index contributed by atoms with van der Waals surface area (Å²) in [4.78, 5) is 43.6. The molecule has 3 aromatic rings. The number of carbonyl (C=O) groups is 2. The summed E-state index contributed by atoms with van der Waals surface area (Å²) in [6.45, 7) is 4.39. The van der Waals surface area contributed by atoms with Crippen LogP contribution >= 0.6 is 11.3 Å². The average molecular weight is 551 g/mol. The first kappa shape index (κ1) is 27.8. The average Bonchev–Trinajstić information content (AvgIpc) is 3.26. The molecule has 1 aliphatic heterocycles. The van der Waals surface area contributed by atoms with E-state index in [1.54, 1.807) is 44.4 Å². The van der Waals surface area contributed by atoms with Gasteiger partial charge in [0.2, 0.25) is 0 Å². The highest BCUT2D eigenvalue weighted by Gasteiger charge is 2.33. The second-order valence-corrected chi connectivity index (χ2v) is 9.81. The maximum absolute atomic E-state index is 13.8. The van der Waals surface area contributed by atoms with E-state index in [4.69, 9.17) is 18.9 Å². The molecule has 0 amide bonds. The first-order chi connectivity index (χ1) is 18.8. The Morgan fingerprint density at radius 1 is 1.03 bits per heavy atom. The molecule has 39 heavy (non-hydrogen) atoms. The normalized spacial score (nSPS) is 14.9. The van der Waals surface area contributed by atoms with E-state index in [1.807, 2.05) is 18.2 Å². The molecule has 10 heteroatoms. The number of carbonyl (C=O) groups excluding carboxylic acids is 2. The van der Waals surface area contributed by atoms with Gasteiger partial charge in [-0.15, -0.1) is 0 Å². The Morgan fingerprint density at radius 2 is 1.74 bits per heavy atom. The highest BCUT2D eigenvalue weighted by molar-refractivity contribution is 7.07. The Kier molecular flexibility index (Phi) is 8.65. The molecule has 2 heterocycles. The minimum atomic E-state index is -0.786. The number of esters is 2. The molecule has 1 aromatic heterocycles. The fourth-order valence-electron chi connectivity index (χ4n) is 4.30. The van der Waals surface area contributed by atoms with E-state index < -0.39 is 18.0 Å². The van der Waals surface area contributed by atoms with E-state index in [-0.39, 0.29) is 11.1 Å². The molecule has 0 spiro atoms. The second-order valence-electron chi connectivity index (χ2n) is 8.80. The smallest absolute Gasteiger partial charge is 0.338 e. The number of allylic oxidation sites excluding steroid dienone is 1. The van der Waals surface area contributed by atoms with Crippen LogP contribution in [0.25, 0.3) is 6.08 Å². The van der Waals surface area contributed by atoms with Crippen molar-refractivity contribution in [2.24, 2.45) is 4.99 Å². The van der Waals surface area contributed by atoms with Gasteiger partial charge in [0.15, 0.2) is 16.3 Å². The van der Waals surface area contributed by atoms with Gasteiger partial charge in [-0.05, 0) is 54.8 Å². The van der Waals surface area contributed by atoms with Gasteiger partial charge in [0.05, 0.1) is 55.3 Å². The summed E-state index contributed by atoms with van der Waals surface area (Å²) in [6, 6.07) is 11.3. The molecule has 1 unspecified atom stereocenters. The van der Waals surface area contributed by atoms with Crippen LogP contribution in [0.15, 0.2) is 63.5 Å². The molecule has 0 fully saturated rings. The van der Waals surface area contributed by atoms with Crippen molar-refractivity contribution >= 4 is 29.4 Å². The maximum atomic E-state index is 13.8. The number of methoxy groups -OCH3 is 3. The van der Waals surface area contributed by atoms with Crippen LogP contribution in [0.4, 0.5) is 0 Å². The molecule has 9 nitrogen and oxygen atoms in total. The van der Waals surface area contributed by atoms with E-state index in [1.165, 1.54) is 30.1 Å². The number of ether oxygens (including phenoxy) is 4. The van der Waals surface area contributed by atoms with Crippen molar-refractivity contribution in [3.05, 3.63) is 90.1 Å². The number of aromatic nitrogens is 1. The third-order valence-corrected chi connectivity index (χ3v) is 7.30. The fraction of sp³-hybridized carbons (Fsp3) is 0.310. The van der Waals surface area contributed by atoms with Crippen LogP contribution in [0.3, 0.4) is 0 Å². The van der Waals surface area contributed by atoms with Crippen molar-refractivity contribution in [2.75, 3.05) is 27.9 Å². The topological polar surface area (TPSA) is 105 Å². The quantitative estimate of drug-likeness (QED) is 0.297. The first-order valence-corrected chi connectivity index (χ1v) is 13.2. The fourth-order valence-corrected chi connectivity index (χ4v) is 5.35. The minimum absolute atomic E-state index is 0.248. The molecule has 2 aromatic carbocycles. The van der Waals surface area contributed by atoms with E-state index >= 15 is 0 Å². The molecule has 0 aliphatic carbocycles. The van der Waals surface area contributed by atoms with Crippen LogP contribution in [0.1, 0.15) is 54.2 Å². The summed E-state index contributed by atoms with van der Waals surface area (Å²) in [6.07, 6.45) is 3.72. The monoisotopic (exact) mass is 550 g/mol. The number of fused-ring (bicyclic) bond motifs is 1. The Morgan fingerprint density at radius 3 is 2.38 bits per heavy atom. The number of hydrogen-bond donors (Lipinski definition) is 0. The lowest BCUT2D eigenvalue weighted by atomic mass is 9.95. The Balaban J connectivity index is 1.82. The molecule has 1 atom stereocenters.